The molecule has 108 valence electrons. The third kappa shape index (κ3) is 3.46. The maximum atomic E-state index is 5.82. The zero-order valence-electron chi connectivity index (χ0n) is 12.0. The van der Waals surface area contributed by atoms with Gasteiger partial charge in [-0.25, -0.2) is 4.98 Å². The van der Waals surface area contributed by atoms with Crippen LogP contribution in [0.25, 0.3) is 0 Å². The normalized spacial score (nSPS) is 20.6. The Bertz CT molecular complexity index is 394. The largest absolute Gasteiger partial charge is 0.378 e. The summed E-state index contributed by atoms with van der Waals surface area (Å²) >= 11 is 1.74. The van der Waals surface area contributed by atoms with E-state index in [1.54, 1.807) is 18.4 Å². The van der Waals surface area contributed by atoms with Gasteiger partial charge in [0.25, 0.3) is 0 Å². The quantitative estimate of drug-likeness (QED) is 0.902. The van der Waals surface area contributed by atoms with Crippen LogP contribution in [-0.2, 0) is 17.9 Å². The highest BCUT2D eigenvalue weighted by Crippen LogP contribution is 2.31. The molecular weight excluding hydrogens is 258 g/mol. The second kappa shape index (κ2) is 7.22. The molecule has 0 bridgehead atoms. The van der Waals surface area contributed by atoms with Gasteiger partial charge in [-0.3, -0.25) is 0 Å². The zero-order valence-corrected chi connectivity index (χ0v) is 12.8. The molecule has 1 aromatic heterocycles. The van der Waals surface area contributed by atoms with Gasteiger partial charge < -0.3 is 15.4 Å². The van der Waals surface area contributed by atoms with Crippen LogP contribution in [0.1, 0.15) is 49.6 Å². The Morgan fingerprint density at radius 3 is 2.95 bits per heavy atom. The Balaban J connectivity index is 2.22. The van der Waals surface area contributed by atoms with Gasteiger partial charge in [-0.15, -0.1) is 11.3 Å². The van der Waals surface area contributed by atoms with Crippen LogP contribution in [0.3, 0.4) is 0 Å². The fourth-order valence-electron chi connectivity index (χ4n) is 2.76. The van der Waals surface area contributed by atoms with Gasteiger partial charge in [0.1, 0.15) is 0 Å². The Morgan fingerprint density at radius 2 is 2.26 bits per heavy atom. The van der Waals surface area contributed by atoms with Gasteiger partial charge in [-0.2, -0.15) is 0 Å². The van der Waals surface area contributed by atoms with E-state index in [1.165, 1.54) is 32.1 Å². The number of hydrogen-bond acceptors (Lipinski definition) is 5. The summed E-state index contributed by atoms with van der Waals surface area (Å²) in [5, 5.41) is 1.14. The van der Waals surface area contributed by atoms with E-state index in [-0.39, 0.29) is 0 Å². The molecule has 0 spiro atoms. The van der Waals surface area contributed by atoms with Gasteiger partial charge in [0, 0.05) is 31.1 Å². The van der Waals surface area contributed by atoms with E-state index in [0.717, 1.165) is 22.2 Å². The van der Waals surface area contributed by atoms with Crippen molar-refractivity contribution in [2.75, 3.05) is 18.6 Å². The number of hydrogen-bond donors (Lipinski definition) is 1. The maximum absolute atomic E-state index is 5.82. The minimum atomic E-state index is 0.557. The van der Waals surface area contributed by atoms with Crippen LogP contribution in [0.5, 0.6) is 0 Å². The number of aromatic nitrogens is 1. The number of nitrogens with two attached hydrogens (primary N) is 1. The van der Waals surface area contributed by atoms with Gasteiger partial charge in [0.2, 0.25) is 0 Å². The molecule has 1 aromatic rings. The van der Waals surface area contributed by atoms with Crippen molar-refractivity contribution in [2.45, 2.75) is 58.2 Å². The lowest BCUT2D eigenvalue weighted by Gasteiger charge is -2.28. The molecule has 1 aliphatic rings. The molecule has 2 rings (SSSR count). The summed E-state index contributed by atoms with van der Waals surface area (Å²) in [4.78, 5) is 8.43. The van der Waals surface area contributed by atoms with E-state index < -0.39 is 0 Å². The van der Waals surface area contributed by atoms with Crippen LogP contribution in [0.2, 0.25) is 0 Å². The lowest BCUT2D eigenvalue weighted by molar-refractivity contribution is 0.181. The molecule has 0 radical (unpaired) electrons. The summed E-state index contributed by atoms with van der Waals surface area (Å²) in [5.74, 6) is 0. The van der Waals surface area contributed by atoms with Gasteiger partial charge in [0.15, 0.2) is 5.13 Å². The number of ether oxygens (including phenoxy) is 1. The molecule has 5 heteroatoms. The molecule has 1 saturated heterocycles. The molecule has 0 amide bonds. The standard InChI is InChI=1S/C14H25N3OS/c1-3-11-7-5-4-6-8-17(11)14-16-12(10-18-2)13(9-15)19-14/h11H,3-10,15H2,1-2H3. The molecule has 19 heavy (non-hydrogen) atoms. The third-order valence-corrected chi connectivity index (χ3v) is 4.98. The average molecular weight is 283 g/mol. The third-order valence-electron chi connectivity index (χ3n) is 3.83. The molecular formula is C14H25N3OS. The predicted molar refractivity (Wildman–Crippen MR) is 80.6 cm³/mol. The number of nitrogens with zero attached hydrogens (tertiary/aromatic N) is 2. The monoisotopic (exact) mass is 283 g/mol. The number of anilines is 1. The van der Waals surface area contributed by atoms with Crippen LogP contribution < -0.4 is 10.6 Å². The minimum Gasteiger partial charge on any atom is -0.378 e. The first-order valence-corrected chi connectivity index (χ1v) is 8.06. The Hall–Kier alpha value is -0.650. The van der Waals surface area contributed by atoms with Crippen LogP contribution in [0.4, 0.5) is 5.13 Å². The van der Waals surface area contributed by atoms with Crippen LogP contribution in [0, 0.1) is 0 Å². The van der Waals surface area contributed by atoms with Crippen molar-refractivity contribution in [3.63, 3.8) is 0 Å². The highest BCUT2D eigenvalue weighted by Gasteiger charge is 2.23. The van der Waals surface area contributed by atoms with Gasteiger partial charge in [0.05, 0.1) is 12.3 Å². The number of methoxy groups -OCH3 is 1. The van der Waals surface area contributed by atoms with E-state index in [0.29, 0.717) is 19.2 Å². The lowest BCUT2D eigenvalue weighted by atomic mass is 10.1. The molecule has 2 heterocycles. The average Bonchev–Trinajstić information content (AvgIpc) is 2.68. The van der Waals surface area contributed by atoms with Crippen LogP contribution in [0.15, 0.2) is 0 Å². The molecule has 1 fully saturated rings. The highest BCUT2D eigenvalue weighted by molar-refractivity contribution is 7.15. The molecule has 4 nitrogen and oxygen atoms in total. The van der Waals surface area contributed by atoms with E-state index >= 15 is 0 Å². The molecule has 0 aliphatic carbocycles. The van der Waals surface area contributed by atoms with Crippen molar-refractivity contribution in [1.82, 2.24) is 4.98 Å². The molecule has 2 N–H and O–H groups in total. The van der Waals surface area contributed by atoms with Crippen molar-refractivity contribution in [1.29, 1.82) is 0 Å². The van der Waals surface area contributed by atoms with Gasteiger partial charge in [-0.05, 0) is 19.3 Å². The van der Waals surface area contributed by atoms with E-state index in [9.17, 15) is 0 Å². The van der Waals surface area contributed by atoms with Gasteiger partial charge in [-0.1, -0.05) is 19.8 Å². The molecule has 0 aromatic carbocycles. The summed E-state index contributed by atoms with van der Waals surface area (Å²) in [6, 6.07) is 0.634. The molecule has 1 unspecified atom stereocenters. The first kappa shape index (κ1) is 14.8. The molecule has 1 aliphatic heterocycles. The summed E-state index contributed by atoms with van der Waals surface area (Å²) in [6.07, 6.45) is 6.43. The minimum absolute atomic E-state index is 0.557. The Morgan fingerprint density at radius 1 is 1.42 bits per heavy atom. The summed E-state index contributed by atoms with van der Waals surface area (Å²) < 4.78 is 5.22. The predicted octanol–water partition coefficient (Wildman–Crippen LogP) is 2.91. The van der Waals surface area contributed by atoms with Crippen molar-refractivity contribution < 1.29 is 4.74 Å². The van der Waals surface area contributed by atoms with Crippen molar-refractivity contribution in [3.8, 4) is 0 Å². The summed E-state index contributed by atoms with van der Waals surface area (Å²) in [6.45, 7) is 4.52. The fourth-order valence-corrected chi connectivity index (χ4v) is 3.79. The van der Waals surface area contributed by atoms with Crippen molar-refractivity contribution in [3.05, 3.63) is 10.6 Å². The van der Waals surface area contributed by atoms with Crippen molar-refractivity contribution in [2.24, 2.45) is 5.73 Å². The second-order valence-corrected chi connectivity index (χ2v) is 6.17. The SMILES string of the molecule is CCC1CCCCCN1c1nc(COC)c(CN)s1. The molecule has 1 atom stereocenters. The molecule has 0 saturated carbocycles. The Labute approximate surface area is 120 Å². The van der Waals surface area contributed by atoms with E-state index in [2.05, 4.69) is 11.8 Å². The number of thiazole rings is 1. The van der Waals surface area contributed by atoms with Crippen LogP contribution >= 0.6 is 11.3 Å². The zero-order chi connectivity index (χ0) is 13.7. The smallest absolute Gasteiger partial charge is 0.186 e. The Kier molecular flexibility index (Phi) is 5.60. The maximum Gasteiger partial charge on any atom is 0.186 e. The topological polar surface area (TPSA) is 51.4 Å². The summed E-state index contributed by atoms with van der Waals surface area (Å²) in [7, 11) is 1.71. The van der Waals surface area contributed by atoms with E-state index in [1.807, 2.05) is 0 Å². The summed E-state index contributed by atoms with van der Waals surface area (Å²) in [5.41, 5.74) is 6.84. The van der Waals surface area contributed by atoms with Crippen LogP contribution in [-0.4, -0.2) is 24.7 Å². The first-order valence-electron chi connectivity index (χ1n) is 7.24. The lowest BCUT2D eigenvalue weighted by Crippen LogP contribution is -2.34. The highest BCUT2D eigenvalue weighted by atomic mass is 32.1. The number of rotatable bonds is 5. The van der Waals surface area contributed by atoms with E-state index in [4.69, 9.17) is 15.5 Å². The van der Waals surface area contributed by atoms with Crippen molar-refractivity contribution >= 4 is 16.5 Å². The second-order valence-electron chi connectivity index (χ2n) is 5.11. The fraction of sp³-hybridized carbons (Fsp3) is 0.786. The first-order chi connectivity index (χ1) is 9.30. The van der Waals surface area contributed by atoms with Gasteiger partial charge >= 0.3 is 0 Å².